The van der Waals surface area contributed by atoms with E-state index in [1.54, 1.807) is 27.3 Å². The summed E-state index contributed by atoms with van der Waals surface area (Å²) in [7, 11) is 4.80. The SMILES string of the molecule is CN1C(=O)C2CCOCC2(c2cc(Oc3cc(C#N)ccn3)ccc2F)N=C1N.COC. The van der Waals surface area contributed by atoms with E-state index < -0.39 is 17.3 Å². The van der Waals surface area contributed by atoms with Crippen molar-refractivity contribution >= 4 is 11.9 Å². The monoisotopic (exact) mass is 441 g/mol. The van der Waals surface area contributed by atoms with Gasteiger partial charge in [-0.25, -0.2) is 14.4 Å². The number of halogens is 1. The number of nitriles is 1. The zero-order valence-electron chi connectivity index (χ0n) is 18.0. The van der Waals surface area contributed by atoms with E-state index in [1.165, 1.54) is 35.4 Å². The van der Waals surface area contributed by atoms with Gasteiger partial charge in [0, 0.05) is 45.7 Å². The predicted molar refractivity (Wildman–Crippen MR) is 113 cm³/mol. The predicted octanol–water partition coefficient (Wildman–Crippen LogP) is 2.17. The number of nitrogens with zero attached hydrogens (tertiary/aromatic N) is 4. The highest BCUT2D eigenvalue weighted by molar-refractivity contribution is 6.00. The largest absolute Gasteiger partial charge is 0.439 e. The Kier molecular flexibility index (Phi) is 7.02. The molecule has 1 saturated heterocycles. The summed E-state index contributed by atoms with van der Waals surface area (Å²) < 4.78 is 30.5. The number of amides is 1. The van der Waals surface area contributed by atoms with Crippen LogP contribution in [0.25, 0.3) is 0 Å². The zero-order chi connectivity index (χ0) is 23.3. The zero-order valence-corrected chi connectivity index (χ0v) is 18.0. The molecule has 2 atom stereocenters. The molecule has 0 aliphatic carbocycles. The first-order chi connectivity index (χ1) is 15.4. The molecule has 168 valence electrons. The number of rotatable bonds is 3. The van der Waals surface area contributed by atoms with E-state index in [2.05, 4.69) is 14.7 Å². The highest BCUT2D eigenvalue weighted by atomic mass is 19.1. The van der Waals surface area contributed by atoms with Gasteiger partial charge in [-0.3, -0.25) is 9.69 Å². The number of carbonyl (C=O) groups excluding carboxylic acids is 1. The average molecular weight is 441 g/mol. The number of methoxy groups -OCH3 is 1. The fourth-order valence-electron chi connectivity index (χ4n) is 3.71. The lowest BCUT2D eigenvalue weighted by Crippen LogP contribution is -2.58. The highest BCUT2D eigenvalue weighted by Gasteiger charge is 2.52. The fraction of sp³-hybridized carbons (Fsp3) is 0.364. The Morgan fingerprint density at radius 3 is 2.81 bits per heavy atom. The van der Waals surface area contributed by atoms with Crippen LogP contribution in [0, 0.1) is 23.1 Å². The molecule has 0 bridgehead atoms. The molecule has 1 aromatic heterocycles. The summed E-state index contributed by atoms with van der Waals surface area (Å²) in [4.78, 5) is 22.7. The minimum atomic E-state index is -1.27. The topological polar surface area (TPSA) is 123 Å². The maximum absolute atomic E-state index is 14.9. The summed E-state index contributed by atoms with van der Waals surface area (Å²) in [5, 5.41) is 9.02. The van der Waals surface area contributed by atoms with Crippen LogP contribution in [0.4, 0.5) is 4.39 Å². The minimum Gasteiger partial charge on any atom is -0.439 e. The Labute approximate surface area is 185 Å². The van der Waals surface area contributed by atoms with Crippen LogP contribution in [0.1, 0.15) is 17.5 Å². The smallest absolute Gasteiger partial charge is 0.235 e. The average Bonchev–Trinajstić information content (AvgIpc) is 2.79. The summed E-state index contributed by atoms with van der Waals surface area (Å²) in [5.41, 5.74) is 5.23. The van der Waals surface area contributed by atoms with Crippen molar-refractivity contribution in [3.05, 3.63) is 53.5 Å². The molecule has 0 saturated carbocycles. The molecule has 4 rings (SSSR count). The Morgan fingerprint density at radius 2 is 2.09 bits per heavy atom. The molecule has 32 heavy (non-hydrogen) atoms. The second-order valence-corrected chi connectivity index (χ2v) is 7.33. The van der Waals surface area contributed by atoms with Crippen molar-refractivity contribution in [2.45, 2.75) is 12.0 Å². The summed E-state index contributed by atoms with van der Waals surface area (Å²) in [6.45, 7) is 0.407. The van der Waals surface area contributed by atoms with Crippen molar-refractivity contribution in [3.8, 4) is 17.7 Å². The number of hydrogen-bond donors (Lipinski definition) is 1. The minimum absolute atomic E-state index is 0.00543. The van der Waals surface area contributed by atoms with Crippen molar-refractivity contribution < 1.29 is 23.4 Å². The van der Waals surface area contributed by atoms with Crippen molar-refractivity contribution in [1.29, 1.82) is 5.26 Å². The van der Waals surface area contributed by atoms with E-state index in [-0.39, 0.29) is 29.9 Å². The van der Waals surface area contributed by atoms with Gasteiger partial charge < -0.3 is 19.9 Å². The maximum atomic E-state index is 14.9. The summed E-state index contributed by atoms with van der Waals surface area (Å²) in [6, 6.07) is 9.20. The number of hydrogen-bond acceptors (Lipinski definition) is 8. The van der Waals surface area contributed by atoms with Crippen molar-refractivity contribution in [3.63, 3.8) is 0 Å². The Bertz CT molecular complexity index is 1070. The van der Waals surface area contributed by atoms with Gasteiger partial charge in [0.2, 0.25) is 11.8 Å². The van der Waals surface area contributed by atoms with Crippen molar-refractivity contribution in [2.24, 2.45) is 16.6 Å². The lowest BCUT2D eigenvalue weighted by Gasteiger charge is -2.45. The lowest BCUT2D eigenvalue weighted by atomic mass is 9.74. The van der Waals surface area contributed by atoms with Gasteiger partial charge >= 0.3 is 0 Å². The van der Waals surface area contributed by atoms with Gasteiger partial charge in [-0.2, -0.15) is 5.26 Å². The molecule has 2 aromatic rings. The molecule has 10 heteroatoms. The molecule has 9 nitrogen and oxygen atoms in total. The number of aliphatic imine (C=N–C) groups is 1. The van der Waals surface area contributed by atoms with Gasteiger partial charge in [-0.05, 0) is 30.7 Å². The van der Waals surface area contributed by atoms with Crippen LogP contribution in [0.3, 0.4) is 0 Å². The van der Waals surface area contributed by atoms with Crippen LogP contribution in [0.2, 0.25) is 0 Å². The molecule has 0 radical (unpaired) electrons. The molecule has 0 spiro atoms. The number of aromatic nitrogens is 1. The number of guanidine groups is 1. The Morgan fingerprint density at radius 1 is 1.34 bits per heavy atom. The van der Waals surface area contributed by atoms with E-state index in [0.29, 0.717) is 24.3 Å². The molecule has 1 aromatic carbocycles. The molecule has 2 N–H and O–H groups in total. The van der Waals surface area contributed by atoms with Crippen molar-refractivity contribution in [1.82, 2.24) is 9.88 Å². The molecule has 1 fully saturated rings. The molecule has 2 unspecified atom stereocenters. The maximum Gasteiger partial charge on any atom is 0.235 e. The van der Waals surface area contributed by atoms with E-state index in [1.807, 2.05) is 6.07 Å². The van der Waals surface area contributed by atoms with E-state index in [0.717, 1.165) is 0 Å². The van der Waals surface area contributed by atoms with Crippen LogP contribution in [-0.2, 0) is 19.8 Å². The highest BCUT2D eigenvalue weighted by Crippen LogP contribution is 2.44. The van der Waals surface area contributed by atoms with Gasteiger partial charge in [-0.1, -0.05) is 0 Å². The van der Waals surface area contributed by atoms with Gasteiger partial charge in [0.15, 0.2) is 5.96 Å². The molecular formula is C22H24FN5O4. The fourth-order valence-corrected chi connectivity index (χ4v) is 3.71. The molecule has 2 aliphatic heterocycles. The van der Waals surface area contributed by atoms with Crippen molar-refractivity contribution in [2.75, 3.05) is 34.5 Å². The number of carbonyl (C=O) groups is 1. The van der Waals surface area contributed by atoms with E-state index in [4.69, 9.17) is 20.5 Å². The lowest BCUT2D eigenvalue weighted by molar-refractivity contribution is -0.140. The normalized spacial score (nSPS) is 22.1. The summed E-state index contributed by atoms with van der Waals surface area (Å²) in [5.74, 6) is -0.875. The number of benzene rings is 1. The third-order valence-electron chi connectivity index (χ3n) is 5.23. The van der Waals surface area contributed by atoms with Crippen LogP contribution in [0.15, 0.2) is 41.5 Å². The van der Waals surface area contributed by atoms with Crippen LogP contribution < -0.4 is 10.5 Å². The van der Waals surface area contributed by atoms with Gasteiger partial charge in [0.25, 0.3) is 0 Å². The van der Waals surface area contributed by atoms with Crippen LogP contribution >= 0.6 is 0 Å². The molecule has 1 amide bonds. The number of ether oxygens (including phenoxy) is 3. The number of pyridine rings is 1. The first kappa shape index (κ1) is 23.1. The molecular weight excluding hydrogens is 417 g/mol. The van der Waals surface area contributed by atoms with Gasteiger partial charge in [0.05, 0.1) is 24.2 Å². The molecule has 2 aliphatic rings. The van der Waals surface area contributed by atoms with Crippen LogP contribution in [-0.4, -0.2) is 56.2 Å². The molecule has 3 heterocycles. The summed E-state index contributed by atoms with van der Waals surface area (Å²) in [6.07, 6.45) is 1.85. The second kappa shape index (κ2) is 9.72. The standard InChI is InChI=1S/C20H18FN5O3.C2H6O/c1-26-18(27)14-5-7-28-11-20(14,25-19(26)23)15-9-13(2-3-16(15)21)29-17-8-12(10-22)4-6-24-17;1-3-2/h2-4,6,8-9,14H,5,7,11H2,1H3,(H2,23,25);1-2H3. The first-order valence-corrected chi connectivity index (χ1v) is 9.81. The quantitative estimate of drug-likeness (QED) is 0.774. The first-order valence-electron chi connectivity index (χ1n) is 9.81. The number of fused-ring (bicyclic) bond motifs is 1. The Hall–Kier alpha value is -3.55. The third-order valence-corrected chi connectivity index (χ3v) is 5.23. The summed E-state index contributed by atoms with van der Waals surface area (Å²) >= 11 is 0. The Balaban J connectivity index is 0.000000913. The van der Waals surface area contributed by atoms with Gasteiger partial charge in [-0.15, -0.1) is 0 Å². The van der Waals surface area contributed by atoms with Gasteiger partial charge in [0.1, 0.15) is 17.1 Å². The van der Waals surface area contributed by atoms with E-state index in [9.17, 15) is 9.18 Å². The third kappa shape index (κ3) is 4.39. The van der Waals surface area contributed by atoms with Crippen LogP contribution in [0.5, 0.6) is 11.6 Å². The van der Waals surface area contributed by atoms with E-state index >= 15 is 0 Å². The number of nitrogens with two attached hydrogens (primary N) is 1. The second-order valence-electron chi connectivity index (χ2n) is 7.33.